The Morgan fingerprint density at radius 3 is 2.86 bits per heavy atom. The van der Waals surface area contributed by atoms with Crippen LogP contribution < -0.4 is 10.6 Å². The first-order valence-corrected chi connectivity index (χ1v) is 9.17. The lowest BCUT2D eigenvalue weighted by atomic mass is 10.0. The van der Waals surface area contributed by atoms with Gasteiger partial charge in [0, 0.05) is 36.9 Å². The van der Waals surface area contributed by atoms with Crippen molar-refractivity contribution in [3.63, 3.8) is 0 Å². The fourth-order valence-corrected chi connectivity index (χ4v) is 3.18. The number of pyridine rings is 1. The molecule has 1 amide bonds. The smallest absolute Gasteiger partial charge is 0.237 e. The predicted octanol–water partition coefficient (Wildman–Crippen LogP) is 4.45. The molecule has 1 aliphatic heterocycles. The largest absolute Gasteiger partial charge is 0.382 e. The number of hydrogen-bond donors (Lipinski definition) is 2. The maximum absolute atomic E-state index is 14.4. The topological polar surface area (TPSA) is 66.4 Å². The molecule has 0 bridgehead atoms. The van der Waals surface area contributed by atoms with Gasteiger partial charge in [-0.2, -0.15) is 0 Å². The van der Waals surface area contributed by atoms with Gasteiger partial charge in [0.2, 0.25) is 5.91 Å². The number of aromatic nitrogens is 1. The van der Waals surface area contributed by atoms with Gasteiger partial charge >= 0.3 is 0 Å². The molecule has 29 heavy (non-hydrogen) atoms. The minimum Gasteiger partial charge on any atom is -0.382 e. The second kappa shape index (κ2) is 8.18. The van der Waals surface area contributed by atoms with Crippen LogP contribution >= 0.6 is 0 Å². The molecule has 1 aromatic heterocycles. The fraction of sp³-hybridized carbons (Fsp3) is 0.136. The van der Waals surface area contributed by atoms with Crippen LogP contribution in [0.1, 0.15) is 17.0 Å². The molecule has 0 spiro atoms. The molecular formula is C22H18F2N4O. The van der Waals surface area contributed by atoms with Crippen molar-refractivity contribution in [2.75, 3.05) is 17.2 Å². The summed E-state index contributed by atoms with van der Waals surface area (Å²) in [6.45, 7) is 0.570. The maximum Gasteiger partial charge on any atom is 0.237 e. The normalized spacial score (nSPS) is 15.4. The number of amides is 1. The summed E-state index contributed by atoms with van der Waals surface area (Å²) in [5.41, 5.74) is 2.92. The minimum atomic E-state index is -0.633. The molecule has 5 nitrogen and oxygen atoms in total. The van der Waals surface area contributed by atoms with Crippen LogP contribution in [-0.2, 0) is 11.2 Å². The van der Waals surface area contributed by atoms with Crippen LogP contribution in [0.2, 0.25) is 0 Å². The van der Waals surface area contributed by atoms with Crippen LogP contribution in [-0.4, -0.2) is 23.7 Å². The molecule has 1 atom stereocenters. The molecule has 0 fully saturated rings. The van der Waals surface area contributed by atoms with Crippen molar-refractivity contribution >= 4 is 29.2 Å². The highest BCUT2D eigenvalue weighted by Gasteiger charge is 2.29. The molecule has 2 heterocycles. The van der Waals surface area contributed by atoms with E-state index in [1.165, 1.54) is 24.4 Å². The molecule has 0 saturated carbocycles. The Hall–Kier alpha value is -3.61. The van der Waals surface area contributed by atoms with Gasteiger partial charge in [0.15, 0.2) is 0 Å². The van der Waals surface area contributed by atoms with E-state index in [-0.39, 0.29) is 5.91 Å². The first-order chi connectivity index (χ1) is 14.1. The Balaban J connectivity index is 1.41. The summed E-state index contributed by atoms with van der Waals surface area (Å²) >= 11 is 0. The number of benzene rings is 2. The Bertz CT molecular complexity index is 1070. The summed E-state index contributed by atoms with van der Waals surface area (Å²) in [5.74, 6) is -1.77. The van der Waals surface area contributed by atoms with E-state index in [1.807, 2.05) is 12.1 Å². The van der Waals surface area contributed by atoms with Gasteiger partial charge in [-0.1, -0.05) is 12.1 Å². The molecule has 2 N–H and O–H groups in total. The second-order valence-corrected chi connectivity index (χ2v) is 6.68. The first-order valence-electron chi connectivity index (χ1n) is 9.17. The van der Waals surface area contributed by atoms with Crippen LogP contribution in [0.5, 0.6) is 0 Å². The van der Waals surface area contributed by atoms with Gasteiger partial charge in [0.1, 0.15) is 17.6 Å². The van der Waals surface area contributed by atoms with E-state index < -0.39 is 17.6 Å². The van der Waals surface area contributed by atoms with E-state index in [0.29, 0.717) is 29.2 Å². The molecule has 3 aromatic rings. The van der Waals surface area contributed by atoms with E-state index >= 15 is 0 Å². The minimum absolute atomic E-state index is 0.288. The van der Waals surface area contributed by atoms with Gasteiger partial charge in [-0.25, -0.2) is 8.78 Å². The Morgan fingerprint density at radius 1 is 1.17 bits per heavy atom. The van der Waals surface area contributed by atoms with E-state index in [0.717, 1.165) is 12.0 Å². The molecule has 7 heteroatoms. The predicted molar refractivity (Wildman–Crippen MR) is 109 cm³/mol. The van der Waals surface area contributed by atoms with Gasteiger partial charge in [-0.05, 0) is 47.9 Å². The van der Waals surface area contributed by atoms with E-state index in [4.69, 9.17) is 0 Å². The Morgan fingerprint density at radius 2 is 2.07 bits per heavy atom. The van der Waals surface area contributed by atoms with E-state index in [2.05, 4.69) is 20.6 Å². The quantitative estimate of drug-likeness (QED) is 0.609. The number of halogens is 2. The van der Waals surface area contributed by atoms with Gasteiger partial charge in [-0.15, -0.1) is 0 Å². The van der Waals surface area contributed by atoms with Crippen molar-refractivity contribution in [2.45, 2.75) is 12.3 Å². The summed E-state index contributed by atoms with van der Waals surface area (Å²) in [6, 6.07) is 12.5. The standard InChI is InChI=1S/C22H18F2N4O/c23-15-3-5-17-18(22(29)28-21(17)10-15)13-27-16-4-6-20(19(24)11-16)26-9-7-14-2-1-8-25-12-14/h1-6,8,10-13,18,26H,7,9H2,(H,28,29). The molecule has 1 unspecified atom stereocenters. The average Bonchev–Trinajstić information content (AvgIpc) is 3.02. The zero-order chi connectivity index (χ0) is 20.2. The highest BCUT2D eigenvalue weighted by molar-refractivity contribution is 6.12. The van der Waals surface area contributed by atoms with Crippen molar-refractivity contribution in [1.29, 1.82) is 0 Å². The van der Waals surface area contributed by atoms with Crippen LogP contribution in [0.15, 0.2) is 65.9 Å². The molecule has 4 rings (SSSR count). The van der Waals surface area contributed by atoms with E-state index in [1.54, 1.807) is 30.6 Å². The van der Waals surface area contributed by atoms with Gasteiger partial charge in [0.25, 0.3) is 0 Å². The Kier molecular flexibility index (Phi) is 5.29. The first kappa shape index (κ1) is 18.7. The number of aliphatic imine (C=N–C) groups is 1. The van der Waals surface area contributed by atoms with Crippen molar-refractivity contribution in [3.05, 3.63) is 83.7 Å². The SMILES string of the molecule is O=C1Nc2cc(F)ccc2C1C=Nc1ccc(NCCc2cccnc2)c(F)c1. The van der Waals surface area contributed by atoms with Crippen LogP contribution in [0, 0.1) is 11.6 Å². The molecule has 1 aliphatic rings. The third-order valence-corrected chi connectivity index (χ3v) is 4.67. The molecule has 2 aromatic carbocycles. The molecule has 0 saturated heterocycles. The number of fused-ring (bicyclic) bond motifs is 1. The lowest BCUT2D eigenvalue weighted by Crippen LogP contribution is -2.12. The van der Waals surface area contributed by atoms with Crippen LogP contribution in [0.4, 0.5) is 25.8 Å². The summed E-state index contributed by atoms with van der Waals surface area (Å²) in [5, 5.41) is 5.68. The number of anilines is 2. The summed E-state index contributed by atoms with van der Waals surface area (Å²) in [7, 11) is 0. The zero-order valence-corrected chi connectivity index (χ0v) is 15.4. The number of carbonyl (C=O) groups excluding carboxylic acids is 1. The number of nitrogens with one attached hydrogen (secondary N) is 2. The molecule has 0 aliphatic carbocycles. The van der Waals surface area contributed by atoms with Crippen LogP contribution in [0.25, 0.3) is 0 Å². The third kappa shape index (κ3) is 4.29. The van der Waals surface area contributed by atoms with Crippen molar-refractivity contribution < 1.29 is 13.6 Å². The van der Waals surface area contributed by atoms with Crippen molar-refractivity contribution in [3.8, 4) is 0 Å². The number of nitrogens with zero attached hydrogens (tertiary/aromatic N) is 2. The van der Waals surface area contributed by atoms with Gasteiger partial charge in [-0.3, -0.25) is 14.8 Å². The van der Waals surface area contributed by atoms with Crippen LogP contribution in [0.3, 0.4) is 0 Å². The molecule has 146 valence electrons. The number of rotatable bonds is 6. The maximum atomic E-state index is 14.4. The summed E-state index contributed by atoms with van der Waals surface area (Å²) in [6.07, 6.45) is 5.66. The third-order valence-electron chi connectivity index (χ3n) is 4.67. The number of hydrogen-bond acceptors (Lipinski definition) is 4. The summed E-state index contributed by atoms with van der Waals surface area (Å²) in [4.78, 5) is 20.4. The van der Waals surface area contributed by atoms with Crippen molar-refractivity contribution in [2.24, 2.45) is 4.99 Å². The monoisotopic (exact) mass is 392 g/mol. The Labute approximate surface area is 166 Å². The van der Waals surface area contributed by atoms with Gasteiger partial charge in [0.05, 0.1) is 11.4 Å². The number of carbonyl (C=O) groups is 1. The lowest BCUT2D eigenvalue weighted by Gasteiger charge is -2.08. The highest BCUT2D eigenvalue weighted by Crippen LogP contribution is 2.32. The summed E-state index contributed by atoms with van der Waals surface area (Å²) < 4.78 is 27.7. The highest BCUT2D eigenvalue weighted by atomic mass is 19.1. The zero-order valence-electron chi connectivity index (χ0n) is 15.4. The molecule has 0 radical (unpaired) electrons. The fourth-order valence-electron chi connectivity index (χ4n) is 3.18. The second-order valence-electron chi connectivity index (χ2n) is 6.68. The molecular weight excluding hydrogens is 374 g/mol. The van der Waals surface area contributed by atoms with Gasteiger partial charge < -0.3 is 10.6 Å². The van der Waals surface area contributed by atoms with E-state index in [9.17, 15) is 13.6 Å². The average molecular weight is 392 g/mol. The lowest BCUT2D eigenvalue weighted by molar-refractivity contribution is -0.115. The van der Waals surface area contributed by atoms with Crippen molar-refractivity contribution in [1.82, 2.24) is 4.98 Å².